The molecule has 3 rings (SSSR count). The van der Waals surface area contributed by atoms with Crippen LogP contribution >= 0.6 is 23.2 Å². The normalized spacial score (nSPS) is 14.5. The second-order valence-electron chi connectivity index (χ2n) is 10.2. The van der Waals surface area contributed by atoms with Crippen LogP contribution in [0.4, 0.5) is 5.82 Å². The molecular formula is C28H37Cl2N3. The van der Waals surface area contributed by atoms with Gasteiger partial charge in [0.05, 0.1) is 5.02 Å². The lowest BCUT2D eigenvalue weighted by Crippen LogP contribution is -2.46. The molecule has 0 atom stereocenters. The molecule has 0 unspecified atom stereocenters. The average molecular weight is 487 g/mol. The number of piperazine rings is 1. The van der Waals surface area contributed by atoms with Gasteiger partial charge in [-0.1, -0.05) is 69.3 Å². The van der Waals surface area contributed by atoms with Crippen molar-refractivity contribution in [2.75, 3.05) is 31.1 Å². The Kier molecular flexibility index (Phi) is 8.89. The van der Waals surface area contributed by atoms with Crippen LogP contribution in [0.3, 0.4) is 0 Å². The van der Waals surface area contributed by atoms with Crippen LogP contribution in [-0.2, 0) is 6.42 Å². The summed E-state index contributed by atoms with van der Waals surface area (Å²) >= 11 is 12.6. The number of unbranched alkanes of at least 4 members (excludes halogenated alkanes) is 1. The topological polar surface area (TPSA) is 19.4 Å². The summed E-state index contributed by atoms with van der Waals surface area (Å²) in [7, 11) is 0. The summed E-state index contributed by atoms with van der Waals surface area (Å²) in [5.74, 6) is 0.872. The Morgan fingerprint density at radius 2 is 1.67 bits per heavy atom. The first-order valence-corrected chi connectivity index (χ1v) is 12.6. The number of hydrogen-bond acceptors (Lipinski definition) is 3. The summed E-state index contributed by atoms with van der Waals surface area (Å²) in [4.78, 5) is 9.39. The molecule has 0 amide bonds. The Hall–Kier alpha value is -1.97. The lowest BCUT2D eigenvalue weighted by molar-refractivity contribution is 0.276. The molecule has 2 aromatic rings. The lowest BCUT2D eigenvalue weighted by atomic mass is 9.90. The second kappa shape index (κ2) is 11.4. The van der Waals surface area contributed by atoms with Gasteiger partial charge in [0.1, 0.15) is 5.82 Å². The predicted octanol–water partition coefficient (Wildman–Crippen LogP) is 7.89. The molecule has 1 aliphatic heterocycles. The van der Waals surface area contributed by atoms with E-state index in [9.17, 15) is 0 Å². The molecule has 178 valence electrons. The summed E-state index contributed by atoms with van der Waals surface area (Å²) in [6.07, 6.45) is 7.14. The summed E-state index contributed by atoms with van der Waals surface area (Å²) in [5.41, 5.74) is 4.93. The maximum Gasteiger partial charge on any atom is 0.147 e. The maximum absolute atomic E-state index is 6.66. The fourth-order valence-electron chi connectivity index (χ4n) is 4.28. The van der Waals surface area contributed by atoms with Crippen molar-refractivity contribution in [1.82, 2.24) is 9.88 Å². The Balaban J connectivity index is 1.47. The van der Waals surface area contributed by atoms with Crippen LogP contribution in [0, 0.1) is 5.41 Å². The highest BCUT2D eigenvalue weighted by molar-refractivity contribution is 6.33. The molecule has 0 bridgehead atoms. The van der Waals surface area contributed by atoms with Gasteiger partial charge in [0, 0.05) is 43.1 Å². The fraction of sp³-hybridized carbons (Fsp3) is 0.464. The molecule has 33 heavy (non-hydrogen) atoms. The van der Waals surface area contributed by atoms with Gasteiger partial charge in [-0.05, 0) is 72.4 Å². The van der Waals surface area contributed by atoms with E-state index in [-0.39, 0.29) is 5.41 Å². The number of halogens is 2. The van der Waals surface area contributed by atoms with E-state index in [4.69, 9.17) is 28.2 Å². The van der Waals surface area contributed by atoms with E-state index < -0.39 is 0 Å². The van der Waals surface area contributed by atoms with Crippen LogP contribution in [0.5, 0.6) is 0 Å². The van der Waals surface area contributed by atoms with Gasteiger partial charge in [0.2, 0.25) is 0 Å². The van der Waals surface area contributed by atoms with Crippen molar-refractivity contribution in [1.29, 1.82) is 0 Å². The first-order chi connectivity index (χ1) is 15.6. The van der Waals surface area contributed by atoms with Crippen molar-refractivity contribution in [3.8, 4) is 0 Å². The van der Waals surface area contributed by atoms with Crippen LogP contribution in [0.2, 0.25) is 10.0 Å². The van der Waals surface area contributed by atoms with Crippen molar-refractivity contribution >= 4 is 34.6 Å². The number of hydrogen-bond donors (Lipinski definition) is 0. The van der Waals surface area contributed by atoms with E-state index in [1.165, 1.54) is 11.3 Å². The van der Waals surface area contributed by atoms with Crippen LogP contribution in [0.15, 0.2) is 55.4 Å². The zero-order chi connectivity index (χ0) is 24.0. The lowest BCUT2D eigenvalue weighted by Gasteiger charge is -2.39. The average Bonchev–Trinajstić information content (AvgIpc) is 2.76. The number of aryl methyl sites for hydroxylation is 1. The van der Waals surface area contributed by atoms with Crippen LogP contribution in [0.25, 0.3) is 5.57 Å². The molecule has 1 saturated heterocycles. The molecule has 1 aromatic carbocycles. The zero-order valence-electron chi connectivity index (χ0n) is 20.3. The van der Waals surface area contributed by atoms with E-state index in [0.717, 1.165) is 80.3 Å². The fourth-order valence-corrected chi connectivity index (χ4v) is 4.69. The van der Waals surface area contributed by atoms with Gasteiger partial charge in [-0.15, -0.1) is 0 Å². The molecule has 0 saturated carbocycles. The zero-order valence-corrected chi connectivity index (χ0v) is 21.9. The maximum atomic E-state index is 6.66. The molecule has 0 spiro atoms. The first-order valence-electron chi connectivity index (χ1n) is 11.9. The molecule has 0 aliphatic carbocycles. The number of rotatable bonds is 9. The number of allylic oxidation sites excluding steroid dienone is 2. The van der Waals surface area contributed by atoms with Crippen molar-refractivity contribution in [3.05, 3.63) is 76.6 Å². The highest BCUT2D eigenvalue weighted by atomic mass is 35.5. The Morgan fingerprint density at radius 3 is 2.27 bits per heavy atom. The quantitative estimate of drug-likeness (QED) is 0.336. The Bertz CT molecular complexity index is 952. The Labute approximate surface area is 210 Å². The molecule has 1 aliphatic rings. The van der Waals surface area contributed by atoms with Crippen LogP contribution in [0.1, 0.15) is 57.6 Å². The molecule has 1 fully saturated rings. The summed E-state index contributed by atoms with van der Waals surface area (Å²) in [6, 6.07) is 10.1. The predicted molar refractivity (Wildman–Crippen MR) is 144 cm³/mol. The minimum absolute atomic E-state index is 0.257. The molecule has 0 N–H and O–H groups in total. The summed E-state index contributed by atoms with van der Waals surface area (Å²) in [6.45, 7) is 19.1. The SMILES string of the molecule is C=C(CCCCc1ccc(Cl)cc1)c1cnc(N2CCN(C(=C)CC(C)(C)C)CC2)c(Cl)c1. The monoisotopic (exact) mass is 485 g/mol. The molecule has 0 radical (unpaired) electrons. The largest absolute Gasteiger partial charge is 0.372 e. The third kappa shape index (κ3) is 7.79. The minimum Gasteiger partial charge on any atom is -0.372 e. The summed E-state index contributed by atoms with van der Waals surface area (Å²) in [5, 5.41) is 1.49. The van der Waals surface area contributed by atoms with Gasteiger partial charge in [-0.25, -0.2) is 4.98 Å². The molecule has 3 nitrogen and oxygen atoms in total. The highest BCUT2D eigenvalue weighted by Gasteiger charge is 2.23. The second-order valence-corrected chi connectivity index (χ2v) is 11.1. The van der Waals surface area contributed by atoms with E-state index in [1.807, 2.05) is 24.4 Å². The molecular weight excluding hydrogens is 449 g/mol. The first kappa shape index (κ1) is 25.6. The smallest absolute Gasteiger partial charge is 0.147 e. The van der Waals surface area contributed by atoms with E-state index >= 15 is 0 Å². The molecule has 1 aromatic heterocycles. The van der Waals surface area contributed by atoms with Crippen molar-refractivity contribution in [3.63, 3.8) is 0 Å². The van der Waals surface area contributed by atoms with Crippen LogP contribution < -0.4 is 4.90 Å². The van der Waals surface area contributed by atoms with E-state index in [1.54, 1.807) is 0 Å². The third-order valence-corrected chi connectivity index (χ3v) is 6.63. The Morgan fingerprint density at radius 1 is 1.00 bits per heavy atom. The summed E-state index contributed by atoms with van der Waals surface area (Å²) < 4.78 is 0. The highest BCUT2D eigenvalue weighted by Crippen LogP contribution is 2.30. The van der Waals surface area contributed by atoms with Gasteiger partial charge in [0.15, 0.2) is 0 Å². The van der Waals surface area contributed by atoms with Gasteiger partial charge >= 0.3 is 0 Å². The van der Waals surface area contributed by atoms with E-state index in [0.29, 0.717) is 5.02 Å². The number of aromatic nitrogens is 1. The van der Waals surface area contributed by atoms with E-state index in [2.05, 4.69) is 55.9 Å². The number of benzene rings is 1. The number of pyridine rings is 1. The van der Waals surface area contributed by atoms with Crippen LogP contribution in [-0.4, -0.2) is 36.1 Å². The standard InChI is InChI=1S/C28H37Cl2N3/c1-21(8-6-7-9-23-10-12-25(29)13-11-23)24-18-26(30)27(31-20-24)33-16-14-32(15-17-33)22(2)19-28(3,4)5/h10-13,18,20H,1-2,6-9,14-17,19H2,3-5H3. The molecule has 2 heterocycles. The van der Waals surface area contributed by atoms with Gasteiger partial charge < -0.3 is 9.80 Å². The molecule has 5 heteroatoms. The van der Waals surface area contributed by atoms with Gasteiger partial charge in [-0.3, -0.25) is 0 Å². The number of anilines is 1. The number of nitrogens with zero attached hydrogens (tertiary/aromatic N) is 3. The van der Waals surface area contributed by atoms with Crippen molar-refractivity contribution in [2.45, 2.75) is 52.9 Å². The minimum atomic E-state index is 0.257. The third-order valence-electron chi connectivity index (χ3n) is 6.10. The van der Waals surface area contributed by atoms with Gasteiger partial charge in [-0.2, -0.15) is 0 Å². The van der Waals surface area contributed by atoms with Gasteiger partial charge in [0.25, 0.3) is 0 Å². The van der Waals surface area contributed by atoms with Crippen molar-refractivity contribution in [2.24, 2.45) is 5.41 Å². The van der Waals surface area contributed by atoms with Crippen molar-refractivity contribution < 1.29 is 0 Å².